The number of ether oxygens (including phenoxy) is 1. The van der Waals surface area contributed by atoms with Crippen LogP contribution in [0.4, 0.5) is 4.39 Å². The Hall–Kier alpha value is -3.45. The van der Waals surface area contributed by atoms with E-state index in [0.717, 1.165) is 15.6 Å². The number of benzene rings is 2. The van der Waals surface area contributed by atoms with Crippen molar-refractivity contribution in [2.45, 2.75) is 20.5 Å². The van der Waals surface area contributed by atoms with E-state index in [2.05, 4.69) is 20.9 Å². The molecule has 2 aromatic carbocycles. The number of nitrogens with zero attached hydrogens (tertiary/aromatic N) is 2. The van der Waals surface area contributed by atoms with Gasteiger partial charge < -0.3 is 14.4 Å². The number of rotatable bonds is 6. The Bertz CT molecular complexity index is 1320. The van der Waals surface area contributed by atoms with E-state index < -0.39 is 11.8 Å². The summed E-state index contributed by atoms with van der Waals surface area (Å²) in [6.07, 6.45) is 1.66. The standard InChI is InChI=1S/C25H20BrFN2O3/c1-15-12-18(26)7-6-17(15)14-32-23-9-8-19(27)13-21(23)22-4-3-5-24(28-22)29-11-10-20(16(29)2)25(30)31/h3-13H,14H2,1-2H3,(H,30,31). The van der Waals surface area contributed by atoms with Crippen LogP contribution in [0, 0.1) is 19.7 Å². The van der Waals surface area contributed by atoms with Crippen LogP contribution < -0.4 is 4.74 Å². The number of aromatic carboxylic acids is 1. The van der Waals surface area contributed by atoms with E-state index in [0.29, 0.717) is 35.1 Å². The second-order valence-corrected chi connectivity index (χ2v) is 8.29. The third-order valence-electron chi connectivity index (χ3n) is 5.26. The molecule has 0 unspecified atom stereocenters. The van der Waals surface area contributed by atoms with E-state index in [1.54, 1.807) is 42.0 Å². The Morgan fingerprint density at radius 2 is 1.94 bits per heavy atom. The molecule has 32 heavy (non-hydrogen) atoms. The Balaban J connectivity index is 1.69. The number of aromatic nitrogens is 2. The molecule has 0 atom stereocenters. The third kappa shape index (κ3) is 4.43. The van der Waals surface area contributed by atoms with Gasteiger partial charge in [-0.1, -0.05) is 28.1 Å². The maximum atomic E-state index is 14.1. The first-order chi connectivity index (χ1) is 15.3. The smallest absolute Gasteiger partial charge is 0.337 e. The molecule has 2 aromatic heterocycles. The van der Waals surface area contributed by atoms with Crippen molar-refractivity contribution in [3.8, 4) is 22.8 Å². The van der Waals surface area contributed by atoms with Gasteiger partial charge in [-0.15, -0.1) is 0 Å². The third-order valence-corrected chi connectivity index (χ3v) is 5.75. The lowest BCUT2D eigenvalue weighted by Gasteiger charge is -2.14. The monoisotopic (exact) mass is 494 g/mol. The zero-order chi connectivity index (χ0) is 22.8. The van der Waals surface area contributed by atoms with Crippen LogP contribution in [0.25, 0.3) is 17.1 Å². The zero-order valence-corrected chi connectivity index (χ0v) is 19.1. The van der Waals surface area contributed by atoms with Crippen LogP contribution in [0.1, 0.15) is 27.2 Å². The van der Waals surface area contributed by atoms with Crippen molar-refractivity contribution >= 4 is 21.9 Å². The molecule has 2 heterocycles. The van der Waals surface area contributed by atoms with Crippen LogP contribution in [0.5, 0.6) is 5.75 Å². The Morgan fingerprint density at radius 1 is 1.12 bits per heavy atom. The molecule has 0 spiro atoms. The van der Waals surface area contributed by atoms with Gasteiger partial charge in [0.25, 0.3) is 0 Å². The van der Waals surface area contributed by atoms with Crippen molar-refractivity contribution in [3.05, 3.63) is 99.5 Å². The van der Waals surface area contributed by atoms with E-state index in [1.807, 2.05) is 25.1 Å². The molecule has 0 aliphatic carbocycles. The van der Waals surface area contributed by atoms with Crippen LogP contribution in [0.3, 0.4) is 0 Å². The molecule has 1 N–H and O–H groups in total. The van der Waals surface area contributed by atoms with Crippen LogP contribution in [-0.4, -0.2) is 20.6 Å². The lowest BCUT2D eigenvalue weighted by atomic mass is 10.1. The highest BCUT2D eigenvalue weighted by molar-refractivity contribution is 9.10. The number of hydrogen-bond acceptors (Lipinski definition) is 3. The number of pyridine rings is 1. The first-order valence-corrected chi connectivity index (χ1v) is 10.7. The first-order valence-electron chi connectivity index (χ1n) is 9.90. The first kappa shape index (κ1) is 21.8. The SMILES string of the molecule is Cc1cc(Br)ccc1COc1ccc(F)cc1-c1cccc(-n2ccc(C(=O)O)c2C)n1. The quantitative estimate of drug-likeness (QED) is 0.339. The van der Waals surface area contributed by atoms with Gasteiger partial charge in [0.1, 0.15) is 24.0 Å². The maximum absolute atomic E-state index is 14.1. The number of halogens is 2. The molecule has 0 radical (unpaired) electrons. The summed E-state index contributed by atoms with van der Waals surface area (Å²) in [5, 5.41) is 9.32. The summed E-state index contributed by atoms with van der Waals surface area (Å²) in [5.41, 5.74) is 3.91. The minimum absolute atomic E-state index is 0.205. The molecule has 0 saturated carbocycles. The van der Waals surface area contributed by atoms with Gasteiger partial charge in [-0.2, -0.15) is 0 Å². The molecule has 4 aromatic rings. The average molecular weight is 495 g/mol. The highest BCUT2D eigenvalue weighted by Crippen LogP contribution is 2.31. The van der Waals surface area contributed by atoms with Gasteiger partial charge in [0.15, 0.2) is 0 Å². The van der Waals surface area contributed by atoms with E-state index >= 15 is 0 Å². The van der Waals surface area contributed by atoms with Gasteiger partial charge in [-0.3, -0.25) is 0 Å². The molecule has 4 rings (SSSR count). The lowest BCUT2D eigenvalue weighted by molar-refractivity contribution is 0.0696. The largest absolute Gasteiger partial charge is 0.488 e. The Morgan fingerprint density at radius 3 is 2.66 bits per heavy atom. The lowest BCUT2D eigenvalue weighted by Crippen LogP contribution is -2.04. The molecule has 0 amide bonds. The molecule has 0 fully saturated rings. The van der Waals surface area contributed by atoms with Crippen LogP contribution in [0.2, 0.25) is 0 Å². The van der Waals surface area contributed by atoms with Gasteiger partial charge >= 0.3 is 5.97 Å². The molecular weight excluding hydrogens is 475 g/mol. The van der Waals surface area contributed by atoms with Gasteiger partial charge in [-0.05, 0) is 73.5 Å². The summed E-state index contributed by atoms with van der Waals surface area (Å²) in [6.45, 7) is 4.05. The Kier molecular flexibility index (Phi) is 6.10. The zero-order valence-electron chi connectivity index (χ0n) is 17.5. The van der Waals surface area contributed by atoms with E-state index in [-0.39, 0.29) is 5.56 Å². The predicted molar refractivity (Wildman–Crippen MR) is 124 cm³/mol. The molecule has 0 aliphatic heterocycles. The molecule has 7 heteroatoms. The van der Waals surface area contributed by atoms with Gasteiger partial charge in [0.05, 0.1) is 11.3 Å². The summed E-state index contributed by atoms with van der Waals surface area (Å²) in [4.78, 5) is 16.0. The van der Waals surface area contributed by atoms with Crippen LogP contribution in [0.15, 0.2) is 71.3 Å². The fourth-order valence-electron chi connectivity index (χ4n) is 3.50. The molecule has 5 nitrogen and oxygen atoms in total. The fraction of sp³-hybridized carbons (Fsp3) is 0.120. The molecular formula is C25H20BrFN2O3. The van der Waals surface area contributed by atoms with Gasteiger partial charge in [0.2, 0.25) is 0 Å². The average Bonchev–Trinajstić information content (AvgIpc) is 3.15. The Labute approximate surface area is 193 Å². The van der Waals surface area contributed by atoms with Gasteiger partial charge in [-0.25, -0.2) is 14.2 Å². The number of carboxylic acid groups (broad SMARTS) is 1. The van der Waals surface area contributed by atoms with Crippen molar-refractivity contribution in [1.29, 1.82) is 0 Å². The summed E-state index contributed by atoms with van der Waals surface area (Å²) < 4.78 is 22.9. The molecule has 162 valence electrons. The van der Waals surface area contributed by atoms with Crippen LogP contribution >= 0.6 is 15.9 Å². The van der Waals surface area contributed by atoms with Crippen molar-refractivity contribution in [2.24, 2.45) is 0 Å². The van der Waals surface area contributed by atoms with Crippen molar-refractivity contribution in [3.63, 3.8) is 0 Å². The number of aryl methyl sites for hydroxylation is 1. The van der Waals surface area contributed by atoms with Crippen molar-refractivity contribution in [2.75, 3.05) is 0 Å². The van der Waals surface area contributed by atoms with Crippen LogP contribution in [-0.2, 0) is 6.61 Å². The number of carbonyl (C=O) groups is 1. The minimum atomic E-state index is -0.999. The molecule has 0 bridgehead atoms. The number of hydrogen-bond donors (Lipinski definition) is 1. The summed E-state index contributed by atoms with van der Waals surface area (Å²) in [5.74, 6) is -0.355. The second-order valence-electron chi connectivity index (χ2n) is 7.37. The van der Waals surface area contributed by atoms with Crippen molar-refractivity contribution in [1.82, 2.24) is 9.55 Å². The second kappa shape index (κ2) is 8.96. The normalized spacial score (nSPS) is 10.9. The molecule has 0 aliphatic rings. The highest BCUT2D eigenvalue weighted by Gasteiger charge is 2.15. The van der Waals surface area contributed by atoms with Gasteiger partial charge in [0, 0.05) is 21.9 Å². The summed E-state index contributed by atoms with van der Waals surface area (Å²) in [7, 11) is 0. The fourth-order valence-corrected chi connectivity index (χ4v) is 3.97. The van der Waals surface area contributed by atoms with E-state index in [1.165, 1.54) is 18.2 Å². The van der Waals surface area contributed by atoms with Crippen molar-refractivity contribution < 1.29 is 19.0 Å². The summed E-state index contributed by atoms with van der Waals surface area (Å²) in [6, 6.07) is 17.2. The highest BCUT2D eigenvalue weighted by atomic mass is 79.9. The van der Waals surface area contributed by atoms with E-state index in [4.69, 9.17) is 4.74 Å². The topological polar surface area (TPSA) is 64.3 Å². The number of carboxylic acids is 1. The van der Waals surface area contributed by atoms with E-state index in [9.17, 15) is 14.3 Å². The summed E-state index contributed by atoms with van der Waals surface area (Å²) >= 11 is 3.46. The maximum Gasteiger partial charge on any atom is 0.337 e. The predicted octanol–water partition coefficient (Wildman–Crippen LogP) is 6.33. The molecule has 0 saturated heterocycles. The minimum Gasteiger partial charge on any atom is -0.488 e.